The Labute approximate surface area is 125 Å². The van der Waals surface area contributed by atoms with Crippen molar-refractivity contribution in [3.05, 3.63) is 28.8 Å². The van der Waals surface area contributed by atoms with Crippen LogP contribution >= 0.6 is 0 Å². The number of nitrogens with zero attached hydrogens (tertiary/aromatic N) is 1. The van der Waals surface area contributed by atoms with Crippen LogP contribution < -0.4 is 0 Å². The first-order valence-corrected chi connectivity index (χ1v) is 7.95. The number of aromatic carboxylic acids is 1. The second-order valence-electron chi connectivity index (χ2n) is 6.23. The lowest BCUT2D eigenvalue weighted by atomic mass is 9.73. The molecule has 2 aliphatic rings. The molecule has 1 aromatic rings. The largest absolute Gasteiger partial charge is 0.507 e. The zero-order chi connectivity index (χ0) is 15.0. The van der Waals surface area contributed by atoms with Crippen LogP contribution in [0.25, 0.3) is 0 Å². The molecule has 0 spiro atoms. The highest BCUT2D eigenvalue weighted by Gasteiger charge is 2.37. The van der Waals surface area contributed by atoms with Gasteiger partial charge in [-0.3, -0.25) is 4.90 Å². The van der Waals surface area contributed by atoms with Gasteiger partial charge >= 0.3 is 5.97 Å². The van der Waals surface area contributed by atoms with Crippen LogP contribution in [0.5, 0.6) is 5.75 Å². The Morgan fingerprint density at radius 1 is 1.38 bits per heavy atom. The van der Waals surface area contributed by atoms with E-state index >= 15 is 0 Å². The summed E-state index contributed by atoms with van der Waals surface area (Å²) in [6, 6.07) is 4.06. The van der Waals surface area contributed by atoms with Gasteiger partial charge in [-0.1, -0.05) is 13.0 Å². The molecule has 2 N–H and O–H groups in total. The molecule has 114 valence electrons. The fraction of sp³-hybridized carbons (Fsp3) is 0.588. The summed E-state index contributed by atoms with van der Waals surface area (Å²) >= 11 is 0. The third-order valence-corrected chi connectivity index (χ3v) is 5.04. The Morgan fingerprint density at radius 3 is 2.90 bits per heavy atom. The molecule has 1 fully saturated rings. The number of carboxylic acids is 1. The highest BCUT2D eigenvalue weighted by atomic mass is 16.4. The Hall–Kier alpha value is -1.55. The highest BCUT2D eigenvalue weighted by molar-refractivity contribution is 5.91. The Morgan fingerprint density at radius 2 is 2.19 bits per heavy atom. The fourth-order valence-electron chi connectivity index (χ4n) is 4.17. The lowest BCUT2D eigenvalue weighted by molar-refractivity contribution is 0.0693. The van der Waals surface area contributed by atoms with Gasteiger partial charge < -0.3 is 10.2 Å². The fourth-order valence-corrected chi connectivity index (χ4v) is 4.17. The zero-order valence-corrected chi connectivity index (χ0v) is 12.5. The lowest BCUT2D eigenvalue weighted by Gasteiger charge is -2.45. The van der Waals surface area contributed by atoms with Crippen LogP contribution in [-0.2, 0) is 6.42 Å². The molecule has 1 aromatic carbocycles. The van der Waals surface area contributed by atoms with Gasteiger partial charge in [0.05, 0.1) is 0 Å². The minimum Gasteiger partial charge on any atom is -0.507 e. The normalized spacial score (nSPS) is 25.2. The first-order chi connectivity index (χ1) is 10.1. The molecule has 0 radical (unpaired) electrons. The van der Waals surface area contributed by atoms with E-state index in [9.17, 15) is 9.90 Å². The number of hydrogen-bond acceptors (Lipinski definition) is 3. The number of carboxylic acid groups (broad SMARTS) is 1. The van der Waals surface area contributed by atoms with Crippen LogP contribution in [0.15, 0.2) is 12.1 Å². The number of piperidine rings is 1. The predicted molar refractivity (Wildman–Crippen MR) is 81.0 cm³/mol. The van der Waals surface area contributed by atoms with Gasteiger partial charge in [0.15, 0.2) is 0 Å². The maximum absolute atomic E-state index is 11.2. The first kappa shape index (κ1) is 14.4. The Bertz CT molecular complexity index is 553. The van der Waals surface area contributed by atoms with Gasteiger partial charge in [-0.2, -0.15) is 0 Å². The van der Waals surface area contributed by atoms with E-state index in [-0.39, 0.29) is 11.3 Å². The van der Waals surface area contributed by atoms with Gasteiger partial charge in [0, 0.05) is 6.04 Å². The molecule has 1 aliphatic heterocycles. The molecular formula is C17H23NO3. The predicted octanol–water partition coefficient (Wildman–Crippen LogP) is 2.99. The molecule has 1 heterocycles. The molecule has 0 bridgehead atoms. The summed E-state index contributed by atoms with van der Waals surface area (Å²) in [4.78, 5) is 13.7. The molecule has 4 nitrogen and oxygen atoms in total. The second kappa shape index (κ2) is 5.68. The summed E-state index contributed by atoms with van der Waals surface area (Å²) in [5.41, 5.74) is 2.08. The molecule has 21 heavy (non-hydrogen) atoms. The molecule has 1 saturated heterocycles. The molecule has 0 amide bonds. The van der Waals surface area contributed by atoms with Gasteiger partial charge in [-0.15, -0.1) is 0 Å². The molecule has 0 aromatic heterocycles. The van der Waals surface area contributed by atoms with E-state index in [1.165, 1.54) is 24.9 Å². The molecule has 4 heteroatoms. The van der Waals surface area contributed by atoms with E-state index < -0.39 is 5.97 Å². The van der Waals surface area contributed by atoms with Crippen LogP contribution in [0.2, 0.25) is 0 Å². The highest BCUT2D eigenvalue weighted by Crippen LogP contribution is 2.44. The van der Waals surface area contributed by atoms with E-state index in [0.29, 0.717) is 12.0 Å². The number of benzene rings is 1. The minimum atomic E-state index is -1.05. The van der Waals surface area contributed by atoms with Crippen molar-refractivity contribution in [1.29, 1.82) is 0 Å². The maximum Gasteiger partial charge on any atom is 0.339 e. The summed E-state index contributed by atoms with van der Waals surface area (Å²) in [6.45, 7) is 4.52. The Balaban J connectivity index is 1.96. The summed E-state index contributed by atoms with van der Waals surface area (Å²) in [7, 11) is 0. The summed E-state index contributed by atoms with van der Waals surface area (Å²) in [5.74, 6) is -0.609. The van der Waals surface area contributed by atoms with Gasteiger partial charge in [-0.25, -0.2) is 4.79 Å². The average Bonchev–Trinajstić information content (AvgIpc) is 2.47. The lowest BCUT2D eigenvalue weighted by Crippen LogP contribution is -2.46. The molecular weight excluding hydrogens is 266 g/mol. The Kier molecular flexibility index (Phi) is 3.89. The number of phenols is 1. The zero-order valence-electron chi connectivity index (χ0n) is 12.5. The van der Waals surface area contributed by atoms with Gasteiger partial charge in [-0.05, 0) is 68.3 Å². The average molecular weight is 289 g/mol. The standard InChI is InChI=1S/C17H23NO3/c1-2-9-18-10-3-4-12-11-5-6-14(17(20)21)16(19)13(11)7-8-15(12)18/h5-6,12,15,19H,2-4,7-10H2,1H3,(H,20,21)/t12-,15-/m0/s1. The number of likely N-dealkylation sites (tertiary alicyclic amines) is 1. The van der Waals surface area contributed by atoms with Gasteiger partial charge in [0.2, 0.25) is 0 Å². The van der Waals surface area contributed by atoms with E-state index in [4.69, 9.17) is 5.11 Å². The maximum atomic E-state index is 11.2. The van der Waals surface area contributed by atoms with Crippen LogP contribution in [-0.4, -0.2) is 40.2 Å². The molecule has 2 atom stereocenters. The van der Waals surface area contributed by atoms with Gasteiger partial charge in [0.25, 0.3) is 0 Å². The van der Waals surface area contributed by atoms with E-state index in [0.717, 1.165) is 31.4 Å². The van der Waals surface area contributed by atoms with Crippen molar-refractivity contribution >= 4 is 5.97 Å². The van der Waals surface area contributed by atoms with Crippen molar-refractivity contribution in [3.8, 4) is 5.75 Å². The second-order valence-corrected chi connectivity index (χ2v) is 6.23. The molecule has 0 unspecified atom stereocenters. The molecule has 1 aliphatic carbocycles. The van der Waals surface area contributed by atoms with Crippen LogP contribution in [0.1, 0.15) is 60.0 Å². The minimum absolute atomic E-state index is 0.00827. The smallest absolute Gasteiger partial charge is 0.339 e. The summed E-state index contributed by atoms with van der Waals surface area (Å²) in [5, 5.41) is 19.4. The van der Waals surface area contributed by atoms with Crippen LogP contribution in [0, 0.1) is 0 Å². The van der Waals surface area contributed by atoms with Crippen LogP contribution in [0.4, 0.5) is 0 Å². The van der Waals surface area contributed by atoms with Crippen molar-refractivity contribution in [2.75, 3.05) is 13.1 Å². The SMILES string of the molecule is CCCN1CCC[C@H]2c3ccc(C(=O)O)c(O)c3CC[C@@H]21. The third-order valence-electron chi connectivity index (χ3n) is 5.04. The number of rotatable bonds is 3. The van der Waals surface area contributed by atoms with E-state index in [1.807, 2.05) is 6.07 Å². The van der Waals surface area contributed by atoms with Crippen molar-refractivity contribution in [2.45, 2.75) is 51.0 Å². The first-order valence-electron chi connectivity index (χ1n) is 7.95. The van der Waals surface area contributed by atoms with Crippen molar-refractivity contribution < 1.29 is 15.0 Å². The number of carbonyl (C=O) groups is 1. The molecule has 3 rings (SSSR count). The quantitative estimate of drug-likeness (QED) is 0.898. The summed E-state index contributed by atoms with van der Waals surface area (Å²) < 4.78 is 0. The topological polar surface area (TPSA) is 60.8 Å². The number of aromatic hydroxyl groups is 1. The molecule has 0 saturated carbocycles. The summed E-state index contributed by atoms with van der Waals surface area (Å²) in [6.07, 6.45) is 5.29. The monoisotopic (exact) mass is 289 g/mol. The van der Waals surface area contributed by atoms with Gasteiger partial charge in [0.1, 0.15) is 11.3 Å². The number of fused-ring (bicyclic) bond motifs is 3. The van der Waals surface area contributed by atoms with Crippen molar-refractivity contribution in [3.63, 3.8) is 0 Å². The van der Waals surface area contributed by atoms with Crippen LogP contribution in [0.3, 0.4) is 0 Å². The van der Waals surface area contributed by atoms with E-state index in [1.54, 1.807) is 6.07 Å². The van der Waals surface area contributed by atoms with E-state index in [2.05, 4.69) is 11.8 Å². The number of hydrogen-bond donors (Lipinski definition) is 2. The van der Waals surface area contributed by atoms with Crippen molar-refractivity contribution in [1.82, 2.24) is 4.90 Å². The third kappa shape index (κ3) is 2.42. The van der Waals surface area contributed by atoms with Crippen molar-refractivity contribution in [2.24, 2.45) is 0 Å².